The summed E-state index contributed by atoms with van der Waals surface area (Å²) in [5.41, 5.74) is 0. The molecule has 0 bridgehead atoms. The first-order chi connectivity index (χ1) is 9.24. The fourth-order valence-corrected chi connectivity index (χ4v) is 2.25. The Hall–Kier alpha value is -1.75. The molecule has 104 valence electrons. The number of hydrogen-bond donors (Lipinski definition) is 1. The van der Waals surface area contributed by atoms with Gasteiger partial charge in [0.15, 0.2) is 6.61 Å². The molecule has 1 amide bonds. The number of hydrogen-bond acceptors (Lipinski definition) is 4. The quantitative estimate of drug-likeness (QED) is 0.864. The number of benzene rings is 1. The molecule has 5 nitrogen and oxygen atoms in total. The van der Waals surface area contributed by atoms with Gasteiger partial charge in [0.1, 0.15) is 11.5 Å². The molecule has 0 unspecified atom stereocenters. The summed E-state index contributed by atoms with van der Waals surface area (Å²) < 4.78 is 10.5. The Morgan fingerprint density at radius 2 is 2.05 bits per heavy atom. The predicted octanol–water partition coefficient (Wildman–Crippen LogP) is 1.06. The van der Waals surface area contributed by atoms with E-state index < -0.39 is 0 Å². The maximum Gasteiger partial charge on any atom is 0.260 e. The minimum absolute atomic E-state index is 0.00281. The minimum atomic E-state index is -0.0765. The molecular weight excluding hydrogens is 246 g/mol. The van der Waals surface area contributed by atoms with E-state index in [1.807, 2.05) is 0 Å². The van der Waals surface area contributed by atoms with Gasteiger partial charge < -0.3 is 19.5 Å². The number of rotatable bonds is 5. The van der Waals surface area contributed by atoms with E-state index in [1.54, 1.807) is 36.3 Å². The fraction of sp³-hybridized carbons (Fsp3) is 0.500. The molecule has 2 rings (SSSR count). The summed E-state index contributed by atoms with van der Waals surface area (Å²) in [5.74, 6) is 1.31. The molecule has 19 heavy (non-hydrogen) atoms. The van der Waals surface area contributed by atoms with Crippen molar-refractivity contribution in [1.29, 1.82) is 0 Å². The minimum Gasteiger partial charge on any atom is -0.497 e. The average Bonchev–Trinajstić information content (AvgIpc) is 2.93. The molecule has 1 aliphatic heterocycles. The average molecular weight is 265 g/mol. The van der Waals surface area contributed by atoms with Crippen LogP contribution in [0.2, 0.25) is 0 Å². The van der Waals surface area contributed by atoms with E-state index in [4.69, 9.17) is 9.47 Å². The van der Waals surface area contributed by atoms with E-state index in [0.29, 0.717) is 12.3 Å². The molecule has 1 aliphatic rings. The second-order valence-electron chi connectivity index (χ2n) is 4.53. The molecule has 1 heterocycles. The zero-order chi connectivity index (χ0) is 13.7. The number of amides is 1. The number of nitrogens with zero attached hydrogens (tertiary/aromatic N) is 1. The third kappa shape index (κ3) is 3.38. The van der Waals surface area contributed by atoms with Crippen LogP contribution in [0.15, 0.2) is 24.3 Å². The van der Waals surface area contributed by atoms with Crippen LogP contribution >= 0.6 is 0 Å². The van der Waals surface area contributed by atoms with E-state index >= 15 is 0 Å². The highest BCUT2D eigenvalue weighted by molar-refractivity contribution is 5.78. The Balaban J connectivity index is 1.85. The van der Waals surface area contributed by atoms with Gasteiger partial charge in [-0.1, -0.05) is 0 Å². The van der Waals surface area contributed by atoms with Crippen molar-refractivity contribution in [1.82, 2.24) is 4.90 Å². The highest BCUT2D eigenvalue weighted by Gasteiger charge is 2.27. The van der Waals surface area contributed by atoms with Gasteiger partial charge in [0.25, 0.3) is 5.91 Å². The number of likely N-dealkylation sites (tertiary alicyclic amines) is 1. The lowest BCUT2D eigenvalue weighted by atomic mass is 10.2. The molecule has 1 fully saturated rings. The number of carbonyl (C=O) groups excluding carboxylic acids is 1. The standard InChI is InChI=1S/C14H19NO4/c1-18-12-4-6-13(7-5-12)19-10-14(17)15-8-2-3-11(15)9-16/h4-7,11,16H,2-3,8-10H2,1H3/t11-/m0/s1. The molecule has 1 N–H and O–H groups in total. The molecule has 1 saturated heterocycles. The van der Waals surface area contributed by atoms with Gasteiger partial charge in [-0.3, -0.25) is 4.79 Å². The molecule has 0 saturated carbocycles. The summed E-state index contributed by atoms with van der Waals surface area (Å²) in [6.07, 6.45) is 1.81. The lowest BCUT2D eigenvalue weighted by molar-refractivity contribution is -0.134. The third-order valence-electron chi connectivity index (χ3n) is 3.33. The highest BCUT2D eigenvalue weighted by Crippen LogP contribution is 2.19. The Labute approximate surface area is 112 Å². The zero-order valence-electron chi connectivity index (χ0n) is 11.0. The highest BCUT2D eigenvalue weighted by atomic mass is 16.5. The second-order valence-corrected chi connectivity index (χ2v) is 4.53. The summed E-state index contributed by atoms with van der Waals surface area (Å²) in [6.45, 7) is 0.729. The van der Waals surface area contributed by atoms with Gasteiger partial charge in [-0.05, 0) is 37.1 Å². The van der Waals surface area contributed by atoms with Crippen LogP contribution in [0.3, 0.4) is 0 Å². The van der Waals surface area contributed by atoms with Gasteiger partial charge in [0, 0.05) is 6.54 Å². The normalized spacial score (nSPS) is 18.4. The van der Waals surface area contributed by atoms with Crippen molar-refractivity contribution in [3.8, 4) is 11.5 Å². The SMILES string of the molecule is COc1ccc(OCC(=O)N2CCC[C@H]2CO)cc1. The van der Waals surface area contributed by atoms with Crippen LogP contribution in [0, 0.1) is 0 Å². The summed E-state index contributed by atoms with van der Waals surface area (Å²) in [6, 6.07) is 7.05. The summed E-state index contributed by atoms with van der Waals surface area (Å²) in [5, 5.41) is 9.18. The van der Waals surface area contributed by atoms with Gasteiger partial charge in [0.2, 0.25) is 0 Å². The van der Waals surface area contributed by atoms with Crippen LogP contribution in [-0.4, -0.2) is 48.8 Å². The number of aliphatic hydroxyl groups excluding tert-OH is 1. The largest absolute Gasteiger partial charge is 0.497 e. The fourth-order valence-electron chi connectivity index (χ4n) is 2.25. The molecule has 1 atom stereocenters. The van der Waals surface area contributed by atoms with Gasteiger partial charge >= 0.3 is 0 Å². The van der Waals surface area contributed by atoms with Crippen LogP contribution in [0.4, 0.5) is 0 Å². The van der Waals surface area contributed by atoms with Crippen molar-refractivity contribution in [2.75, 3.05) is 26.9 Å². The van der Waals surface area contributed by atoms with Crippen LogP contribution < -0.4 is 9.47 Å². The van der Waals surface area contributed by atoms with Gasteiger partial charge in [-0.25, -0.2) is 0 Å². The Kier molecular flexibility index (Phi) is 4.63. The van der Waals surface area contributed by atoms with E-state index in [-0.39, 0.29) is 25.2 Å². The van der Waals surface area contributed by atoms with Gasteiger partial charge in [0.05, 0.1) is 19.8 Å². The van der Waals surface area contributed by atoms with Crippen molar-refractivity contribution < 1.29 is 19.4 Å². The van der Waals surface area contributed by atoms with Crippen molar-refractivity contribution in [3.05, 3.63) is 24.3 Å². The van der Waals surface area contributed by atoms with Crippen LogP contribution in [0.5, 0.6) is 11.5 Å². The Morgan fingerprint density at radius 1 is 1.37 bits per heavy atom. The maximum atomic E-state index is 12.0. The molecule has 1 aromatic rings. The smallest absolute Gasteiger partial charge is 0.260 e. The molecular formula is C14H19NO4. The predicted molar refractivity (Wildman–Crippen MR) is 70.3 cm³/mol. The lowest BCUT2D eigenvalue weighted by Gasteiger charge is -2.22. The van der Waals surface area contributed by atoms with Gasteiger partial charge in [-0.2, -0.15) is 0 Å². The number of carbonyl (C=O) groups is 1. The molecule has 0 aromatic heterocycles. The summed E-state index contributed by atoms with van der Waals surface area (Å²) in [7, 11) is 1.60. The first-order valence-electron chi connectivity index (χ1n) is 6.41. The molecule has 0 spiro atoms. The number of methoxy groups -OCH3 is 1. The molecule has 0 radical (unpaired) electrons. The molecule has 1 aromatic carbocycles. The molecule has 5 heteroatoms. The van der Waals surface area contributed by atoms with Crippen LogP contribution in [0.25, 0.3) is 0 Å². The van der Waals surface area contributed by atoms with E-state index in [1.165, 1.54) is 0 Å². The summed E-state index contributed by atoms with van der Waals surface area (Å²) >= 11 is 0. The van der Waals surface area contributed by atoms with Crippen molar-refractivity contribution in [3.63, 3.8) is 0 Å². The van der Waals surface area contributed by atoms with E-state index in [9.17, 15) is 9.90 Å². The first kappa shape index (κ1) is 13.7. The van der Waals surface area contributed by atoms with Crippen LogP contribution in [-0.2, 0) is 4.79 Å². The van der Waals surface area contributed by atoms with E-state index in [2.05, 4.69) is 0 Å². The Bertz CT molecular complexity index is 418. The lowest BCUT2D eigenvalue weighted by Crippen LogP contribution is -2.40. The summed E-state index contributed by atoms with van der Waals surface area (Å²) in [4.78, 5) is 13.7. The number of ether oxygens (including phenoxy) is 2. The van der Waals surface area contributed by atoms with Crippen molar-refractivity contribution in [2.24, 2.45) is 0 Å². The maximum absolute atomic E-state index is 12.0. The molecule has 0 aliphatic carbocycles. The van der Waals surface area contributed by atoms with Crippen molar-refractivity contribution >= 4 is 5.91 Å². The van der Waals surface area contributed by atoms with Crippen molar-refractivity contribution in [2.45, 2.75) is 18.9 Å². The third-order valence-corrected chi connectivity index (χ3v) is 3.33. The topological polar surface area (TPSA) is 59.0 Å². The van der Waals surface area contributed by atoms with Gasteiger partial charge in [-0.15, -0.1) is 0 Å². The van der Waals surface area contributed by atoms with E-state index in [0.717, 1.165) is 18.6 Å². The monoisotopic (exact) mass is 265 g/mol. The zero-order valence-corrected chi connectivity index (χ0v) is 11.0. The Morgan fingerprint density at radius 3 is 2.68 bits per heavy atom. The second kappa shape index (κ2) is 6.43. The first-order valence-corrected chi connectivity index (χ1v) is 6.41. The van der Waals surface area contributed by atoms with Crippen LogP contribution in [0.1, 0.15) is 12.8 Å². The number of aliphatic hydroxyl groups is 1.